The summed E-state index contributed by atoms with van der Waals surface area (Å²) < 4.78 is 1.30. The maximum atomic E-state index is 12.4. The number of hydrogen-bond donors (Lipinski definition) is 1. The Kier molecular flexibility index (Phi) is 3.44. The van der Waals surface area contributed by atoms with Crippen LogP contribution in [0.4, 0.5) is 11.5 Å². The number of anilines is 2. The molecule has 0 bridgehead atoms. The Morgan fingerprint density at radius 2 is 2.05 bits per heavy atom. The third-order valence-corrected chi connectivity index (χ3v) is 3.68. The number of nitrogens with one attached hydrogen (secondary N) is 1. The van der Waals surface area contributed by atoms with Crippen LogP contribution < -0.4 is 16.3 Å². The van der Waals surface area contributed by atoms with E-state index < -0.39 is 0 Å². The first kappa shape index (κ1) is 14.3. The summed E-state index contributed by atoms with van der Waals surface area (Å²) in [6.07, 6.45) is 1.67. The van der Waals surface area contributed by atoms with Crippen LogP contribution >= 0.6 is 0 Å². The van der Waals surface area contributed by atoms with Crippen LogP contribution in [-0.2, 0) is 7.05 Å². The quantitative estimate of drug-likeness (QED) is 0.726. The van der Waals surface area contributed by atoms with Gasteiger partial charge in [0.1, 0.15) is 13.7 Å². The molecule has 3 aromatic rings. The molecular formula is C16H15BN4O. The van der Waals surface area contributed by atoms with Crippen LogP contribution in [0, 0.1) is 13.8 Å². The van der Waals surface area contributed by atoms with Crippen LogP contribution in [0.1, 0.15) is 11.3 Å². The number of rotatable bonds is 2. The van der Waals surface area contributed by atoms with Gasteiger partial charge in [-0.2, -0.15) is 5.10 Å². The van der Waals surface area contributed by atoms with Crippen molar-refractivity contribution in [3.05, 3.63) is 52.1 Å². The van der Waals surface area contributed by atoms with Crippen molar-refractivity contribution >= 4 is 35.6 Å². The van der Waals surface area contributed by atoms with Gasteiger partial charge in [-0.15, -0.1) is 0 Å². The Hall–Kier alpha value is -2.63. The smallest absolute Gasteiger partial charge is 0.278 e. The van der Waals surface area contributed by atoms with E-state index in [-0.39, 0.29) is 5.56 Å². The lowest BCUT2D eigenvalue weighted by atomic mass is 9.90. The number of aryl methyl sites for hydroxylation is 2. The van der Waals surface area contributed by atoms with Crippen molar-refractivity contribution in [2.45, 2.75) is 13.8 Å². The van der Waals surface area contributed by atoms with E-state index in [1.165, 1.54) is 4.68 Å². The van der Waals surface area contributed by atoms with Crippen molar-refractivity contribution in [3.8, 4) is 0 Å². The van der Waals surface area contributed by atoms with E-state index in [1.54, 1.807) is 13.2 Å². The lowest BCUT2D eigenvalue weighted by Crippen LogP contribution is -2.20. The largest absolute Gasteiger partial charge is 0.339 e. The van der Waals surface area contributed by atoms with Crippen LogP contribution in [0.15, 0.2) is 35.3 Å². The molecule has 2 heterocycles. The minimum Gasteiger partial charge on any atom is -0.339 e. The van der Waals surface area contributed by atoms with Gasteiger partial charge in [0.15, 0.2) is 0 Å². The molecular weight excluding hydrogens is 275 g/mol. The second-order valence-corrected chi connectivity index (χ2v) is 5.29. The molecule has 0 unspecified atom stereocenters. The van der Waals surface area contributed by atoms with E-state index in [2.05, 4.69) is 15.4 Å². The fraction of sp³-hybridized carbons (Fsp3) is 0.188. The zero-order valence-electron chi connectivity index (χ0n) is 12.7. The summed E-state index contributed by atoms with van der Waals surface area (Å²) >= 11 is 0. The van der Waals surface area contributed by atoms with Gasteiger partial charge in [0.2, 0.25) is 0 Å². The van der Waals surface area contributed by atoms with Crippen LogP contribution in [0.25, 0.3) is 10.8 Å². The van der Waals surface area contributed by atoms with Gasteiger partial charge in [-0.05, 0) is 31.5 Å². The van der Waals surface area contributed by atoms with Crippen molar-refractivity contribution < 1.29 is 0 Å². The van der Waals surface area contributed by atoms with Gasteiger partial charge in [0.05, 0.1) is 11.6 Å². The van der Waals surface area contributed by atoms with E-state index in [0.29, 0.717) is 16.7 Å². The molecule has 6 heteroatoms. The molecule has 1 aromatic carbocycles. The Morgan fingerprint density at radius 3 is 2.82 bits per heavy atom. The first-order valence-corrected chi connectivity index (χ1v) is 6.93. The average Bonchev–Trinajstić information content (AvgIpc) is 2.47. The predicted octanol–water partition coefficient (Wildman–Crippen LogP) is 1.48. The Balaban J connectivity index is 2.24. The van der Waals surface area contributed by atoms with Crippen LogP contribution in [-0.4, -0.2) is 22.6 Å². The molecule has 0 atom stereocenters. The highest BCUT2D eigenvalue weighted by Crippen LogP contribution is 2.23. The topological polar surface area (TPSA) is 59.8 Å². The average molecular weight is 290 g/mol. The van der Waals surface area contributed by atoms with E-state index in [1.807, 2.05) is 38.1 Å². The van der Waals surface area contributed by atoms with Gasteiger partial charge < -0.3 is 5.32 Å². The summed E-state index contributed by atoms with van der Waals surface area (Å²) in [7, 11) is 7.56. The fourth-order valence-electron chi connectivity index (χ4n) is 2.40. The van der Waals surface area contributed by atoms with Crippen molar-refractivity contribution in [1.82, 2.24) is 14.8 Å². The summed E-state index contributed by atoms with van der Waals surface area (Å²) in [4.78, 5) is 16.9. The fourth-order valence-corrected chi connectivity index (χ4v) is 2.40. The lowest BCUT2D eigenvalue weighted by molar-refractivity contribution is 0.718. The van der Waals surface area contributed by atoms with E-state index in [9.17, 15) is 4.79 Å². The standard InChI is InChI=1S/C16H15BN4O/c1-9-7-11-8-18-21(3)16(22)14(11)15(19-9)20-13-6-4-5-12(17)10(13)2/h4-8H,1-3H3,(H,19,20). The molecule has 1 N–H and O–H groups in total. The van der Waals surface area contributed by atoms with Gasteiger partial charge in [0, 0.05) is 23.8 Å². The molecule has 3 rings (SSSR count). The normalized spacial score (nSPS) is 10.9. The summed E-state index contributed by atoms with van der Waals surface area (Å²) in [5.41, 5.74) is 3.07. The zero-order chi connectivity index (χ0) is 15.9. The summed E-state index contributed by atoms with van der Waals surface area (Å²) in [5, 5.41) is 8.57. The van der Waals surface area contributed by atoms with Crippen molar-refractivity contribution in [2.75, 3.05) is 5.32 Å². The number of nitrogens with zero attached hydrogens (tertiary/aromatic N) is 3. The summed E-state index contributed by atoms with van der Waals surface area (Å²) in [5.74, 6) is 0.520. The van der Waals surface area contributed by atoms with Gasteiger partial charge >= 0.3 is 0 Å². The zero-order valence-corrected chi connectivity index (χ0v) is 12.7. The Labute approximate surface area is 129 Å². The molecule has 0 saturated heterocycles. The SMILES string of the molecule is [B]c1cccc(Nc2nc(C)cc3cnn(C)c(=O)c23)c1C. The number of aromatic nitrogens is 3. The summed E-state index contributed by atoms with van der Waals surface area (Å²) in [6, 6.07) is 7.46. The maximum Gasteiger partial charge on any atom is 0.278 e. The minimum absolute atomic E-state index is 0.186. The molecule has 0 fully saturated rings. The first-order valence-electron chi connectivity index (χ1n) is 6.93. The number of hydrogen-bond acceptors (Lipinski definition) is 4. The predicted molar refractivity (Wildman–Crippen MR) is 89.4 cm³/mol. The van der Waals surface area contributed by atoms with Crippen LogP contribution in [0.3, 0.4) is 0 Å². The first-order chi connectivity index (χ1) is 10.5. The third kappa shape index (κ3) is 2.37. The second-order valence-electron chi connectivity index (χ2n) is 5.29. The molecule has 22 heavy (non-hydrogen) atoms. The van der Waals surface area contributed by atoms with Gasteiger partial charge in [-0.1, -0.05) is 17.6 Å². The van der Waals surface area contributed by atoms with Gasteiger partial charge in [0.25, 0.3) is 5.56 Å². The van der Waals surface area contributed by atoms with E-state index in [0.717, 1.165) is 22.3 Å². The molecule has 5 nitrogen and oxygen atoms in total. The van der Waals surface area contributed by atoms with Crippen LogP contribution in [0.5, 0.6) is 0 Å². The molecule has 0 spiro atoms. The molecule has 0 aliphatic carbocycles. The minimum atomic E-state index is -0.186. The highest BCUT2D eigenvalue weighted by Gasteiger charge is 2.11. The molecule has 0 amide bonds. The molecule has 0 aliphatic heterocycles. The van der Waals surface area contributed by atoms with Crippen LogP contribution in [0.2, 0.25) is 0 Å². The van der Waals surface area contributed by atoms with E-state index >= 15 is 0 Å². The maximum absolute atomic E-state index is 12.4. The monoisotopic (exact) mass is 290 g/mol. The second kappa shape index (κ2) is 5.29. The highest BCUT2D eigenvalue weighted by molar-refractivity contribution is 6.33. The Morgan fingerprint density at radius 1 is 1.27 bits per heavy atom. The van der Waals surface area contributed by atoms with Crippen molar-refractivity contribution in [2.24, 2.45) is 7.05 Å². The molecule has 0 saturated carbocycles. The molecule has 2 radical (unpaired) electrons. The van der Waals surface area contributed by atoms with Gasteiger partial charge in [-0.25, -0.2) is 9.67 Å². The molecule has 0 aliphatic rings. The third-order valence-electron chi connectivity index (χ3n) is 3.68. The van der Waals surface area contributed by atoms with Crippen molar-refractivity contribution in [3.63, 3.8) is 0 Å². The number of benzene rings is 1. The summed E-state index contributed by atoms with van der Waals surface area (Å²) in [6.45, 7) is 3.81. The number of pyridine rings is 1. The van der Waals surface area contributed by atoms with Crippen molar-refractivity contribution in [1.29, 1.82) is 0 Å². The highest BCUT2D eigenvalue weighted by atomic mass is 16.1. The van der Waals surface area contributed by atoms with E-state index in [4.69, 9.17) is 7.85 Å². The molecule has 108 valence electrons. The lowest BCUT2D eigenvalue weighted by Gasteiger charge is -2.13. The van der Waals surface area contributed by atoms with Gasteiger partial charge in [-0.3, -0.25) is 4.79 Å². The molecule has 2 aromatic heterocycles. The Bertz CT molecular complexity index is 933. The number of fused-ring (bicyclic) bond motifs is 1.